The highest BCUT2D eigenvalue weighted by Gasteiger charge is 2.17. The molecule has 0 aliphatic heterocycles. The minimum absolute atomic E-state index is 0.0894. The number of rotatable bonds is 4. The molecule has 1 aromatic heterocycles. The molecule has 1 N–H and O–H groups in total. The van der Waals surface area contributed by atoms with Gasteiger partial charge in [-0.3, -0.25) is 9.59 Å². The van der Waals surface area contributed by atoms with E-state index in [1.165, 1.54) is 11.1 Å². The van der Waals surface area contributed by atoms with E-state index in [1.54, 1.807) is 26.2 Å². The van der Waals surface area contributed by atoms with Gasteiger partial charge < -0.3 is 10.2 Å². The molecule has 25 heavy (non-hydrogen) atoms. The highest BCUT2D eigenvalue weighted by molar-refractivity contribution is 6.05. The second kappa shape index (κ2) is 7.47. The maximum Gasteiger partial charge on any atom is 0.271 e. The fourth-order valence-electron chi connectivity index (χ4n) is 2.49. The van der Waals surface area contributed by atoms with E-state index in [9.17, 15) is 9.59 Å². The summed E-state index contributed by atoms with van der Waals surface area (Å²) in [4.78, 5) is 30.1. The lowest BCUT2D eigenvalue weighted by Crippen LogP contribution is -2.23. The van der Waals surface area contributed by atoms with Crippen LogP contribution in [0.1, 0.15) is 47.2 Å². The van der Waals surface area contributed by atoms with Crippen LogP contribution in [-0.2, 0) is 6.42 Å². The summed E-state index contributed by atoms with van der Waals surface area (Å²) in [5.74, 6) is -0.346. The third-order valence-electron chi connectivity index (χ3n) is 3.63. The Bertz CT molecular complexity index is 759. The molecule has 5 nitrogen and oxygen atoms in total. The number of hydrogen-bond acceptors (Lipinski definition) is 3. The number of benzene rings is 1. The first-order chi connectivity index (χ1) is 11.7. The highest BCUT2D eigenvalue weighted by atomic mass is 16.2. The minimum Gasteiger partial charge on any atom is -0.343 e. The Morgan fingerprint density at radius 3 is 2.32 bits per heavy atom. The van der Waals surface area contributed by atoms with E-state index in [-0.39, 0.29) is 17.2 Å². The molecule has 0 aliphatic carbocycles. The normalized spacial score (nSPS) is 11.1. The van der Waals surface area contributed by atoms with Crippen molar-refractivity contribution in [2.75, 3.05) is 19.4 Å². The van der Waals surface area contributed by atoms with Gasteiger partial charge in [0.15, 0.2) is 0 Å². The Morgan fingerprint density at radius 2 is 1.76 bits per heavy atom. The number of nitrogens with zero attached hydrogens (tertiary/aromatic N) is 2. The van der Waals surface area contributed by atoms with Gasteiger partial charge in [0.05, 0.1) is 11.9 Å². The summed E-state index contributed by atoms with van der Waals surface area (Å²) < 4.78 is 0. The van der Waals surface area contributed by atoms with Crippen LogP contribution in [-0.4, -0.2) is 35.8 Å². The molecule has 2 amide bonds. The van der Waals surface area contributed by atoms with Crippen molar-refractivity contribution < 1.29 is 9.59 Å². The van der Waals surface area contributed by atoms with Crippen LogP contribution in [0.15, 0.2) is 42.6 Å². The maximum atomic E-state index is 12.6. The number of pyridine rings is 1. The highest BCUT2D eigenvalue weighted by Crippen LogP contribution is 2.23. The van der Waals surface area contributed by atoms with Gasteiger partial charge in [0.1, 0.15) is 5.69 Å². The monoisotopic (exact) mass is 339 g/mol. The number of nitrogens with one attached hydrogen (secondary N) is 1. The first-order valence-corrected chi connectivity index (χ1v) is 8.24. The van der Waals surface area contributed by atoms with Crippen molar-refractivity contribution in [2.45, 2.75) is 27.2 Å². The van der Waals surface area contributed by atoms with Crippen molar-refractivity contribution in [3.8, 4) is 0 Å². The van der Waals surface area contributed by atoms with Crippen LogP contribution in [0.5, 0.6) is 0 Å². The van der Waals surface area contributed by atoms with Crippen LogP contribution in [0.3, 0.4) is 0 Å². The Labute approximate surface area is 149 Å². The molecular weight excluding hydrogens is 314 g/mol. The average Bonchev–Trinajstić information content (AvgIpc) is 2.53. The van der Waals surface area contributed by atoms with E-state index in [2.05, 4.69) is 31.1 Å². The molecule has 0 radical (unpaired) electrons. The fourth-order valence-corrected chi connectivity index (χ4v) is 2.49. The van der Waals surface area contributed by atoms with E-state index in [4.69, 9.17) is 0 Å². The van der Waals surface area contributed by atoms with Crippen LogP contribution in [0.2, 0.25) is 0 Å². The van der Waals surface area contributed by atoms with Crippen molar-refractivity contribution in [3.05, 3.63) is 59.4 Å². The molecule has 0 fully saturated rings. The summed E-state index contributed by atoms with van der Waals surface area (Å²) in [6, 6.07) is 10.9. The largest absolute Gasteiger partial charge is 0.343 e. The van der Waals surface area contributed by atoms with E-state index >= 15 is 0 Å². The molecule has 0 aliphatic rings. The summed E-state index contributed by atoms with van der Waals surface area (Å²) in [6.07, 6.45) is 2.31. The Kier molecular flexibility index (Phi) is 5.57. The second-order valence-corrected chi connectivity index (χ2v) is 7.48. The van der Waals surface area contributed by atoms with Gasteiger partial charge in [-0.05, 0) is 35.6 Å². The predicted octanol–water partition coefficient (Wildman–Crippen LogP) is 3.62. The molecule has 5 heteroatoms. The molecule has 2 rings (SSSR count). The first kappa shape index (κ1) is 18.6. The van der Waals surface area contributed by atoms with Gasteiger partial charge in [0.2, 0.25) is 0 Å². The van der Waals surface area contributed by atoms with E-state index in [0.717, 1.165) is 12.0 Å². The first-order valence-electron chi connectivity index (χ1n) is 8.24. The molecule has 0 bridgehead atoms. The van der Waals surface area contributed by atoms with Gasteiger partial charge in [-0.2, -0.15) is 0 Å². The molecule has 0 atom stereocenters. The summed E-state index contributed by atoms with van der Waals surface area (Å²) >= 11 is 0. The van der Waals surface area contributed by atoms with Crippen molar-refractivity contribution >= 4 is 17.5 Å². The lowest BCUT2D eigenvalue weighted by Gasteiger charge is -2.20. The van der Waals surface area contributed by atoms with Crippen LogP contribution in [0, 0.1) is 5.41 Å². The SMILES string of the molecule is CN(C)C(=O)c1ccc(NC(=O)c2ccccc2CC(C)(C)C)cn1. The summed E-state index contributed by atoms with van der Waals surface area (Å²) in [6.45, 7) is 6.43. The van der Waals surface area contributed by atoms with Gasteiger partial charge >= 0.3 is 0 Å². The Hall–Kier alpha value is -2.69. The summed E-state index contributed by atoms with van der Waals surface area (Å²) in [7, 11) is 3.34. The van der Waals surface area contributed by atoms with E-state index in [1.807, 2.05) is 24.3 Å². The fraction of sp³-hybridized carbons (Fsp3) is 0.350. The number of anilines is 1. The van der Waals surface area contributed by atoms with Crippen LogP contribution in [0.25, 0.3) is 0 Å². The third kappa shape index (κ3) is 5.14. The van der Waals surface area contributed by atoms with Crippen LogP contribution >= 0.6 is 0 Å². The number of hydrogen-bond donors (Lipinski definition) is 1. The standard InChI is InChI=1S/C20H25N3O2/c1-20(2,3)12-14-8-6-7-9-16(14)18(24)22-15-10-11-17(21-13-15)19(25)23(4)5/h6-11,13H,12H2,1-5H3,(H,22,24). The third-order valence-corrected chi connectivity index (χ3v) is 3.63. The van der Waals surface area contributed by atoms with Crippen molar-refractivity contribution in [2.24, 2.45) is 5.41 Å². The van der Waals surface area contributed by atoms with Gasteiger partial charge in [0, 0.05) is 19.7 Å². The average molecular weight is 339 g/mol. The Morgan fingerprint density at radius 1 is 1.08 bits per heavy atom. The number of amides is 2. The Balaban J connectivity index is 2.16. The molecule has 1 aromatic carbocycles. The zero-order valence-electron chi connectivity index (χ0n) is 15.5. The van der Waals surface area contributed by atoms with Crippen LogP contribution < -0.4 is 5.32 Å². The molecule has 1 heterocycles. The lowest BCUT2D eigenvalue weighted by molar-refractivity contribution is 0.0822. The van der Waals surface area contributed by atoms with Crippen molar-refractivity contribution in [1.29, 1.82) is 0 Å². The smallest absolute Gasteiger partial charge is 0.271 e. The van der Waals surface area contributed by atoms with E-state index < -0.39 is 0 Å². The second-order valence-electron chi connectivity index (χ2n) is 7.48. The molecule has 0 saturated carbocycles. The minimum atomic E-state index is -0.173. The van der Waals surface area contributed by atoms with E-state index in [0.29, 0.717) is 16.9 Å². The zero-order chi connectivity index (χ0) is 18.6. The number of carbonyl (C=O) groups excluding carboxylic acids is 2. The summed E-state index contributed by atoms with van der Waals surface area (Å²) in [5.41, 5.74) is 2.67. The lowest BCUT2D eigenvalue weighted by atomic mass is 9.86. The van der Waals surface area contributed by atoms with Crippen LogP contribution in [0.4, 0.5) is 5.69 Å². The van der Waals surface area contributed by atoms with Gasteiger partial charge in [0.25, 0.3) is 11.8 Å². The van der Waals surface area contributed by atoms with Gasteiger partial charge in [-0.25, -0.2) is 4.98 Å². The predicted molar refractivity (Wildman–Crippen MR) is 99.8 cm³/mol. The number of carbonyl (C=O) groups is 2. The topological polar surface area (TPSA) is 62.3 Å². The quantitative estimate of drug-likeness (QED) is 0.925. The molecule has 2 aromatic rings. The maximum absolute atomic E-state index is 12.6. The molecule has 0 unspecified atom stereocenters. The molecular formula is C20H25N3O2. The van der Waals surface area contributed by atoms with Crippen molar-refractivity contribution in [1.82, 2.24) is 9.88 Å². The van der Waals surface area contributed by atoms with Crippen molar-refractivity contribution in [3.63, 3.8) is 0 Å². The molecule has 0 spiro atoms. The summed E-state index contributed by atoms with van der Waals surface area (Å²) in [5, 5.41) is 2.85. The van der Waals surface area contributed by atoms with Gasteiger partial charge in [-0.1, -0.05) is 39.0 Å². The zero-order valence-corrected chi connectivity index (χ0v) is 15.5. The molecule has 132 valence electrons. The molecule has 0 saturated heterocycles. The van der Waals surface area contributed by atoms with Gasteiger partial charge in [-0.15, -0.1) is 0 Å². The number of aromatic nitrogens is 1.